The molecule has 4 rings (SSSR count). The van der Waals surface area contributed by atoms with E-state index in [0.29, 0.717) is 19.5 Å². The molecule has 1 aromatic carbocycles. The zero-order chi connectivity index (χ0) is 20.6. The van der Waals surface area contributed by atoms with Crippen LogP contribution < -0.4 is 5.73 Å². The number of pyridine rings is 1. The molecule has 1 saturated heterocycles. The molecule has 0 unspecified atom stereocenters. The van der Waals surface area contributed by atoms with Gasteiger partial charge < -0.3 is 10.6 Å². The molecule has 0 radical (unpaired) electrons. The number of amides is 1. The number of nitrogens with two attached hydrogens (primary N) is 1. The Morgan fingerprint density at radius 3 is 2.52 bits per heavy atom. The third kappa shape index (κ3) is 3.83. The van der Waals surface area contributed by atoms with Gasteiger partial charge in [-0.15, -0.1) is 0 Å². The Morgan fingerprint density at radius 2 is 1.83 bits per heavy atom. The fraction of sp³-hybridized carbons (Fsp3) is 0.333. The number of hydrogen-bond donors (Lipinski definition) is 2. The van der Waals surface area contributed by atoms with Crippen LogP contribution in [-0.4, -0.2) is 48.4 Å². The van der Waals surface area contributed by atoms with Crippen LogP contribution >= 0.6 is 0 Å². The highest BCUT2D eigenvalue weighted by atomic mass is 32.2. The maximum Gasteiger partial charge on any atom is 0.294 e. The van der Waals surface area contributed by atoms with E-state index in [9.17, 15) is 17.8 Å². The van der Waals surface area contributed by atoms with E-state index >= 15 is 0 Å². The Bertz CT molecular complexity index is 1100. The minimum atomic E-state index is -4.27. The first-order valence-corrected chi connectivity index (χ1v) is 11.1. The number of rotatable bonds is 2. The lowest BCUT2D eigenvalue weighted by atomic mass is 9.88. The van der Waals surface area contributed by atoms with Crippen LogP contribution in [0.4, 0.5) is 0 Å². The average molecular weight is 413 g/mol. The maximum absolute atomic E-state index is 11.9. The molecular formula is C21H23N3O4S. The fourth-order valence-electron chi connectivity index (χ4n) is 4.21. The van der Waals surface area contributed by atoms with Crippen molar-refractivity contribution in [1.29, 1.82) is 0 Å². The normalized spacial score (nSPS) is 16.8. The first-order valence-electron chi connectivity index (χ1n) is 9.63. The zero-order valence-corrected chi connectivity index (χ0v) is 16.8. The van der Waals surface area contributed by atoms with Gasteiger partial charge in [0.05, 0.1) is 17.1 Å². The van der Waals surface area contributed by atoms with Crippen molar-refractivity contribution in [3.05, 3.63) is 64.5 Å². The lowest BCUT2D eigenvalue weighted by molar-refractivity contribution is -0.130. The molecule has 1 fully saturated rings. The topological polar surface area (TPSA) is 114 Å². The lowest BCUT2D eigenvalue weighted by Crippen LogP contribution is -2.40. The van der Waals surface area contributed by atoms with Crippen LogP contribution in [0.5, 0.6) is 0 Å². The van der Waals surface area contributed by atoms with Crippen LogP contribution in [0.15, 0.2) is 47.0 Å². The molecule has 152 valence electrons. The summed E-state index contributed by atoms with van der Waals surface area (Å²) in [5.41, 5.74) is 11.6. The van der Waals surface area contributed by atoms with Gasteiger partial charge in [0.25, 0.3) is 10.1 Å². The highest BCUT2D eigenvalue weighted by Gasteiger charge is 2.27. The molecule has 0 saturated carbocycles. The summed E-state index contributed by atoms with van der Waals surface area (Å²) >= 11 is 0. The van der Waals surface area contributed by atoms with E-state index in [1.54, 1.807) is 23.2 Å². The molecule has 1 aromatic heterocycles. The van der Waals surface area contributed by atoms with Crippen molar-refractivity contribution in [2.45, 2.75) is 30.6 Å². The van der Waals surface area contributed by atoms with Crippen LogP contribution in [0, 0.1) is 0 Å². The quantitative estimate of drug-likeness (QED) is 0.726. The van der Waals surface area contributed by atoms with Gasteiger partial charge in [-0.1, -0.05) is 17.7 Å². The number of nitrogens with zero attached hydrogens (tertiary/aromatic N) is 2. The SMILES string of the molecule is NCC(=O)N1CCC(=C2c3ccc(S(=O)(=O)O)cc3CCc3cccnc32)CC1. The number of aromatic nitrogens is 1. The molecular weight excluding hydrogens is 390 g/mol. The summed E-state index contributed by atoms with van der Waals surface area (Å²) in [6.45, 7) is 1.22. The molecule has 1 aliphatic carbocycles. The van der Waals surface area contributed by atoms with Gasteiger partial charge in [-0.05, 0) is 60.6 Å². The largest absolute Gasteiger partial charge is 0.341 e. The molecule has 1 amide bonds. The Morgan fingerprint density at radius 1 is 1.10 bits per heavy atom. The molecule has 0 atom stereocenters. The summed E-state index contributed by atoms with van der Waals surface area (Å²) in [5, 5.41) is 0. The second kappa shape index (κ2) is 7.70. The van der Waals surface area contributed by atoms with Crippen molar-refractivity contribution >= 4 is 21.6 Å². The van der Waals surface area contributed by atoms with Crippen molar-refractivity contribution in [3.63, 3.8) is 0 Å². The summed E-state index contributed by atoms with van der Waals surface area (Å²) in [4.78, 5) is 18.3. The molecule has 7 nitrogen and oxygen atoms in total. The zero-order valence-electron chi connectivity index (χ0n) is 16.0. The monoisotopic (exact) mass is 413 g/mol. The Kier molecular flexibility index (Phi) is 5.24. The van der Waals surface area contributed by atoms with Gasteiger partial charge in [0.15, 0.2) is 0 Å². The molecule has 2 aromatic rings. The molecule has 3 N–H and O–H groups in total. The minimum absolute atomic E-state index is 0.0114. The Hall–Kier alpha value is -2.55. The number of likely N-dealkylation sites (tertiary alicyclic amines) is 1. The molecule has 2 aliphatic rings. The van der Waals surface area contributed by atoms with Crippen molar-refractivity contribution in [1.82, 2.24) is 9.88 Å². The van der Waals surface area contributed by atoms with E-state index in [1.807, 2.05) is 12.1 Å². The number of aryl methyl sites for hydroxylation is 2. The first kappa shape index (κ1) is 19.8. The van der Waals surface area contributed by atoms with E-state index in [-0.39, 0.29) is 17.3 Å². The van der Waals surface area contributed by atoms with E-state index < -0.39 is 10.1 Å². The Balaban J connectivity index is 1.84. The number of fused-ring (bicyclic) bond motifs is 2. The molecule has 0 bridgehead atoms. The lowest BCUT2D eigenvalue weighted by Gasteiger charge is -2.30. The van der Waals surface area contributed by atoms with Gasteiger partial charge in [0, 0.05) is 24.9 Å². The first-order chi connectivity index (χ1) is 13.9. The third-order valence-electron chi connectivity index (χ3n) is 5.68. The van der Waals surface area contributed by atoms with Crippen LogP contribution in [0.25, 0.3) is 5.57 Å². The van der Waals surface area contributed by atoms with Gasteiger partial charge in [-0.3, -0.25) is 14.3 Å². The summed E-state index contributed by atoms with van der Waals surface area (Å²) in [5.74, 6) is -0.0494. The van der Waals surface area contributed by atoms with Crippen LogP contribution in [-0.2, 0) is 27.8 Å². The van der Waals surface area contributed by atoms with E-state index in [2.05, 4.69) is 4.98 Å². The van der Waals surface area contributed by atoms with Gasteiger partial charge in [0.2, 0.25) is 5.91 Å². The van der Waals surface area contributed by atoms with E-state index in [0.717, 1.165) is 47.2 Å². The second-order valence-electron chi connectivity index (χ2n) is 7.37. The van der Waals surface area contributed by atoms with E-state index in [1.165, 1.54) is 11.6 Å². The third-order valence-corrected chi connectivity index (χ3v) is 6.53. The molecule has 8 heteroatoms. The van der Waals surface area contributed by atoms with Gasteiger partial charge in [-0.2, -0.15) is 8.42 Å². The summed E-state index contributed by atoms with van der Waals surface area (Å²) in [6.07, 6.45) is 4.60. The predicted octanol–water partition coefficient (Wildman–Crippen LogP) is 1.81. The predicted molar refractivity (Wildman–Crippen MR) is 109 cm³/mol. The number of carbonyl (C=O) groups is 1. The summed E-state index contributed by atoms with van der Waals surface area (Å²) in [7, 11) is -4.27. The molecule has 2 heterocycles. The van der Waals surface area contributed by atoms with Gasteiger partial charge in [0.1, 0.15) is 0 Å². The summed E-state index contributed by atoms with van der Waals surface area (Å²) < 4.78 is 32.7. The van der Waals surface area contributed by atoms with Crippen molar-refractivity contribution in [2.75, 3.05) is 19.6 Å². The molecule has 0 spiro atoms. The van der Waals surface area contributed by atoms with Gasteiger partial charge >= 0.3 is 0 Å². The van der Waals surface area contributed by atoms with Crippen LogP contribution in [0.2, 0.25) is 0 Å². The smallest absolute Gasteiger partial charge is 0.294 e. The van der Waals surface area contributed by atoms with Crippen molar-refractivity contribution in [2.24, 2.45) is 5.73 Å². The number of benzene rings is 1. The fourth-order valence-corrected chi connectivity index (χ4v) is 4.74. The van der Waals surface area contributed by atoms with Gasteiger partial charge in [-0.25, -0.2) is 0 Å². The highest BCUT2D eigenvalue weighted by Crippen LogP contribution is 2.38. The second-order valence-corrected chi connectivity index (χ2v) is 8.79. The minimum Gasteiger partial charge on any atom is -0.341 e. The number of hydrogen-bond acceptors (Lipinski definition) is 5. The van der Waals surface area contributed by atoms with Crippen LogP contribution in [0.1, 0.15) is 35.2 Å². The standard InChI is InChI=1S/C21H23N3O4S/c22-13-19(25)24-10-7-14(8-11-24)20-18-6-5-17(29(26,27)28)12-16(18)4-3-15-2-1-9-23-21(15)20/h1-2,5-6,9,12H,3-4,7-8,10-11,13,22H2,(H,26,27,28). The van der Waals surface area contributed by atoms with Crippen molar-refractivity contribution in [3.8, 4) is 0 Å². The Labute approximate surface area is 170 Å². The summed E-state index contributed by atoms with van der Waals surface area (Å²) in [6, 6.07) is 8.72. The molecule has 1 aliphatic heterocycles. The number of carbonyl (C=O) groups excluding carboxylic acids is 1. The van der Waals surface area contributed by atoms with E-state index in [4.69, 9.17) is 5.73 Å². The molecule has 29 heavy (non-hydrogen) atoms. The van der Waals surface area contributed by atoms with Crippen LogP contribution in [0.3, 0.4) is 0 Å². The van der Waals surface area contributed by atoms with Crippen molar-refractivity contribution < 1.29 is 17.8 Å². The number of piperidine rings is 1. The average Bonchev–Trinajstić information content (AvgIpc) is 2.89. The highest BCUT2D eigenvalue weighted by molar-refractivity contribution is 7.85. The maximum atomic E-state index is 11.9.